The SMILES string of the molecule is O=S(=O)(CF)OCC1(F)CCC(F)(F)CC1. The fraction of sp³-hybridized carbons (Fsp3) is 1.00. The van der Waals surface area contributed by atoms with E-state index >= 15 is 0 Å². The highest BCUT2D eigenvalue weighted by Gasteiger charge is 2.44. The number of halogens is 4. The lowest BCUT2D eigenvalue weighted by Crippen LogP contribution is -2.39. The van der Waals surface area contributed by atoms with Gasteiger partial charge in [0.05, 0.1) is 0 Å². The molecular weight excluding hydrogens is 252 g/mol. The molecule has 0 saturated heterocycles. The van der Waals surface area contributed by atoms with Gasteiger partial charge in [-0.3, -0.25) is 4.18 Å². The van der Waals surface area contributed by atoms with Crippen LogP contribution in [0.15, 0.2) is 0 Å². The third kappa shape index (κ3) is 3.89. The van der Waals surface area contributed by atoms with Gasteiger partial charge in [0.15, 0.2) is 0 Å². The molecule has 96 valence electrons. The monoisotopic (exact) mass is 264 g/mol. The van der Waals surface area contributed by atoms with Crippen LogP contribution in [-0.4, -0.2) is 32.6 Å². The van der Waals surface area contributed by atoms with E-state index in [1.165, 1.54) is 0 Å². The van der Waals surface area contributed by atoms with E-state index in [1.54, 1.807) is 0 Å². The normalized spacial score (nSPS) is 24.2. The molecule has 16 heavy (non-hydrogen) atoms. The number of rotatable bonds is 4. The van der Waals surface area contributed by atoms with Crippen LogP contribution in [0.25, 0.3) is 0 Å². The first-order valence-electron chi connectivity index (χ1n) is 4.68. The van der Waals surface area contributed by atoms with Crippen molar-refractivity contribution in [2.24, 2.45) is 0 Å². The Bertz CT molecular complexity index is 331. The second-order valence-electron chi connectivity index (χ2n) is 3.94. The molecule has 0 aliphatic heterocycles. The van der Waals surface area contributed by atoms with Gasteiger partial charge in [0.2, 0.25) is 11.9 Å². The molecule has 0 radical (unpaired) electrons. The lowest BCUT2D eigenvalue weighted by atomic mass is 9.85. The Labute approximate surface area is 90.9 Å². The van der Waals surface area contributed by atoms with Gasteiger partial charge in [-0.2, -0.15) is 8.42 Å². The summed E-state index contributed by atoms with van der Waals surface area (Å²) >= 11 is 0. The van der Waals surface area contributed by atoms with Crippen LogP contribution >= 0.6 is 0 Å². The molecule has 0 spiro atoms. The molecule has 0 aromatic heterocycles. The van der Waals surface area contributed by atoms with Crippen LogP contribution in [0, 0.1) is 0 Å². The molecule has 0 heterocycles. The molecule has 0 atom stereocenters. The maximum absolute atomic E-state index is 13.7. The van der Waals surface area contributed by atoms with E-state index in [1.807, 2.05) is 0 Å². The summed E-state index contributed by atoms with van der Waals surface area (Å²) in [6.07, 6.45) is -2.27. The molecule has 0 aromatic rings. The molecule has 8 heteroatoms. The quantitative estimate of drug-likeness (QED) is 0.577. The zero-order valence-electron chi connectivity index (χ0n) is 8.39. The van der Waals surface area contributed by atoms with E-state index in [9.17, 15) is 26.0 Å². The lowest BCUT2D eigenvalue weighted by Gasteiger charge is -2.33. The highest BCUT2D eigenvalue weighted by Crippen LogP contribution is 2.40. The molecule has 1 fully saturated rings. The summed E-state index contributed by atoms with van der Waals surface area (Å²) in [4.78, 5) is 0. The van der Waals surface area contributed by atoms with Gasteiger partial charge in [0, 0.05) is 12.8 Å². The van der Waals surface area contributed by atoms with Gasteiger partial charge in [-0.25, -0.2) is 17.6 Å². The second-order valence-corrected chi connectivity index (χ2v) is 5.51. The Balaban J connectivity index is 2.49. The van der Waals surface area contributed by atoms with E-state index in [0.29, 0.717) is 0 Å². The molecule has 0 bridgehead atoms. The maximum Gasteiger partial charge on any atom is 0.297 e. The molecule has 1 saturated carbocycles. The average Bonchev–Trinajstić information content (AvgIpc) is 2.21. The molecule has 1 rings (SSSR count). The van der Waals surface area contributed by atoms with Crippen molar-refractivity contribution in [1.82, 2.24) is 0 Å². The van der Waals surface area contributed by atoms with Crippen molar-refractivity contribution in [1.29, 1.82) is 0 Å². The van der Waals surface area contributed by atoms with Crippen LogP contribution in [-0.2, 0) is 14.3 Å². The van der Waals surface area contributed by atoms with Crippen LogP contribution in [0.2, 0.25) is 0 Å². The topological polar surface area (TPSA) is 43.4 Å². The summed E-state index contributed by atoms with van der Waals surface area (Å²) in [6.45, 7) is -0.894. The standard InChI is InChI=1S/C8H12F4O3S/c9-6-16(13,14)15-5-7(10)1-3-8(11,12)4-2-7/h1-6H2. The van der Waals surface area contributed by atoms with Gasteiger partial charge >= 0.3 is 0 Å². The molecule has 0 aromatic carbocycles. The fourth-order valence-corrected chi connectivity index (χ4v) is 1.89. The summed E-state index contributed by atoms with van der Waals surface area (Å²) in [5.74, 6) is -2.91. The van der Waals surface area contributed by atoms with E-state index < -0.39 is 60.0 Å². The third-order valence-corrected chi connectivity index (χ3v) is 3.25. The lowest BCUT2D eigenvalue weighted by molar-refractivity contribution is -0.0845. The number of alkyl halides is 4. The Morgan fingerprint density at radius 2 is 1.56 bits per heavy atom. The first-order chi connectivity index (χ1) is 7.18. The summed E-state index contributed by atoms with van der Waals surface area (Å²) in [6, 6.07) is -1.75. The van der Waals surface area contributed by atoms with E-state index in [-0.39, 0.29) is 0 Å². The van der Waals surface area contributed by atoms with E-state index in [2.05, 4.69) is 4.18 Å². The van der Waals surface area contributed by atoms with Crippen molar-refractivity contribution in [2.75, 3.05) is 12.6 Å². The molecule has 0 unspecified atom stereocenters. The second kappa shape index (κ2) is 4.48. The van der Waals surface area contributed by atoms with Crippen molar-refractivity contribution >= 4 is 10.1 Å². The van der Waals surface area contributed by atoms with Gasteiger partial charge in [0.1, 0.15) is 12.3 Å². The van der Waals surface area contributed by atoms with Gasteiger partial charge in [-0.05, 0) is 12.8 Å². The van der Waals surface area contributed by atoms with Gasteiger partial charge < -0.3 is 0 Å². The van der Waals surface area contributed by atoms with Gasteiger partial charge in [0.25, 0.3) is 10.1 Å². The van der Waals surface area contributed by atoms with Crippen LogP contribution in [0.3, 0.4) is 0 Å². The predicted molar refractivity (Wildman–Crippen MR) is 48.1 cm³/mol. The van der Waals surface area contributed by atoms with Gasteiger partial charge in [-0.15, -0.1) is 0 Å². The largest absolute Gasteiger partial charge is 0.297 e. The molecule has 0 N–H and O–H groups in total. The summed E-state index contributed by atoms with van der Waals surface area (Å²) < 4.78 is 76.2. The number of hydrogen-bond donors (Lipinski definition) is 0. The Hall–Kier alpha value is -0.370. The van der Waals surface area contributed by atoms with Gasteiger partial charge in [-0.1, -0.05) is 0 Å². The zero-order valence-corrected chi connectivity index (χ0v) is 9.20. The predicted octanol–water partition coefficient (Wildman–Crippen LogP) is 2.18. The minimum atomic E-state index is -4.38. The van der Waals surface area contributed by atoms with Crippen molar-refractivity contribution in [2.45, 2.75) is 37.3 Å². The van der Waals surface area contributed by atoms with Crippen LogP contribution in [0.5, 0.6) is 0 Å². The minimum Gasteiger partial charge on any atom is -0.265 e. The van der Waals surface area contributed by atoms with Crippen LogP contribution < -0.4 is 0 Å². The van der Waals surface area contributed by atoms with Crippen molar-refractivity contribution < 1.29 is 30.2 Å². The highest BCUT2D eigenvalue weighted by atomic mass is 32.2. The Morgan fingerprint density at radius 3 is 2.00 bits per heavy atom. The third-order valence-electron chi connectivity index (χ3n) is 2.51. The molecule has 3 nitrogen and oxygen atoms in total. The Morgan fingerprint density at radius 1 is 1.06 bits per heavy atom. The van der Waals surface area contributed by atoms with E-state index in [4.69, 9.17) is 0 Å². The molecule has 1 aliphatic carbocycles. The highest BCUT2D eigenvalue weighted by molar-refractivity contribution is 7.86. The van der Waals surface area contributed by atoms with Crippen molar-refractivity contribution in [3.05, 3.63) is 0 Å². The van der Waals surface area contributed by atoms with Crippen LogP contribution in [0.4, 0.5) is 17.6 Å². The fourth-order valence-electron chi connectivity index (χ4n) is 1.44. The van der Waals surface area contributed by atoms with Crippen molar-refractivity contribution in [3.8, 4) is 0 Å². The van der Waals surface area contributed by atoms with E-state index in [0.717, 1.165) is 0 Å². The smallest absolute Gasteiger partial charge is 0.265 e. The Kier molecular flexibility index (Phi) is 3.83. The maximum atomic E-state index is 13.7. The summed E-state index contributed by atoms with van der Waals surface area (Å²) in [5, 5.41) is 0. The number of hydrogen-bond acceptors (Lipinski definition) is 3. The molecular formula is C8H12F4O3S. The first kappa shape index (κ1) is 13.7. The summed E-state index contributed by atoms with van der Waals surface area (Å²) in [7, 11) is -4.38. The van der Waals surface area contributed by atoms with Crippen molar-refractivity contribution in [3.63, 3.8) is 0 Å². The van der Waals surface area contributed by atoms with Crippen LogP contribution in [0.1, 0.15) is 25.7 Å². The minimum absolute atomic E-state index is 0.484. The first-order valence-corrected chi connectivity index (χ1v) is 6.26. The summed E-state index contributed by atoms with van der Waals surface area (Å²) in [5.41, 5.74) is -2.11. The molecule has 0 amide bonds. The zero-order chi connectivity index (χ0) is 12.4. The average molecular weight is 264 g/mol. The molecule has 1 aliphatic rings.